The predicted molar refractivity (Wildman–Crippen MR) is 57.7 cm³/mol. The lowest BCUT2D eigenvalue weighted by atomic mass is 10.4. The fraction of sp³-hybridized carbons (Fsp3) is 0.500. The Morgan fingerprint density at radius 1 is 1.33 bits per heavy atom. The van der Waals surface area contributed by atoms with E-state index in [4.69, 9.17) is 0 Å². The molecule has 0 radical (unpaired) electrons. The molecule has 1 aliphatic carbocycles. The SMILES string of the molecule is CN(c1ncnc2c1ncn2C)C1CC1. The van der Waals surface area contributed by atoms with Gasteiger partial charge in [-0.15, -0.1) is 0 Å². The van der Waals surface area contributed by atoms with Gasteiger partial charge in [0.25, 0.3) is 0 Å². The highest BCUT2D eigenvalue weighted by Crippen LogP contribution is 2.31. The summed E-state index contributed by atoms with van der Waals surface area (Å²) in [5.74, 6) is 0.947. The van der Waals surface area contributed by atoms with Crippen molar-refractivity contribution >= 4 is 17.0 Å². The molecule has 3 rings (SSSR count). The summed E-state index contributed by atoms with van der Waals surface area (Å²) < 4.78 is 1.92. The van der Waals surface area contributed by atoms with Crippen molar-refractivity contribution in [2.45, 2.75) is 18.9 Å². The van der Waals surface area contributed by atoms with Crippen LogP contribution in [-0.4, -0.2) is 32.6 Å². The Morgan fingerprint density at radius 3 is 2.87 bits per heavy atom. The summed E-state index contributed by atoms with van der Waals surface area (Å²) in [7, 11) is 4.03. The number of nitrogens with zero attached hydrogens (tertiary/aromatic N) is 5. The quantitative estimate of drug-likeness (QED) is 0.729. The zero-order valence-corrected chi connectivity index (χ0v) is 8.88. The van der Waals surface area contributed by atoms with Crippen LogP contribution in [0.1, 0.15) is 12.8 Å². The Balaban J connectivity index is 2.16. The molecule has 5 nitrogen and oxygen atoms in total. The minimum Gasteiger partial charge on any atom is -0.355 e. The molecule has 0 spiro atoms. The number of aryl methyl sites for hydroxylation is 1. The van der Waals surface area contributed by atoms with E-state index in [9.17, 15) is 0 Å². The van der Waals surface area contributed by atoms with Gasteiger partial charge >= 0.3 is 0 Å². The second kappa shape index (κ2) is 2.92. The lowest BCUT2D eigenvalue weighted by Crippen LogP contribution is -2.21. The summed E-state index contributed by atoms with van der Waals surface area (Å²) in [5, 5.41) is 0. The standard InChI is InChI=1S/C10H13N5/c1-14-6-13-8-9(14)11-5-12-10(8)15(2)7-3-4-7/h5-7H,3-4H2,1-2H3. The van der Waals surface area contributed by atoms with Crippen LogP contribution in [0.5, 0.6) is 0 Å². The van der Waals surface area contributed by atoms with E-state index in [0.29, 0.717) is 6.04 Å². The predicted octanol–water partition coefficient (Wildman–Crippen LogP) is 0.962. The smallest absolute Gasteiger partial charge is 0.165 e. The van der Waals surface area contributed by atoms with Crippen molar-refractivity contribution in [3.63, 3.8) is 0 Å². The van der Waals surface area contributed by atoms with Crippen molar-refractivity contribution in [2.75, 3.05) is 11.9 Å². The number of hydrogen-bond donors (Lipinski definition) is 0. The topological polar surface area (TPSA) is 46.8 Å². The average Bonchev–Trinajstić information content (AvgIpc) is 3.03. The van der Waals surface area contributed by atoms with E-state index in [1.54, 1.807) is 12.7 Å². The molecule has 2 heterocycles. The molecule has 0 N–H and O–H groups in total. The third-order valence-corrected chi connectivity index (χ3v) is 2.91. The van der Waals surface area contributed by atoms with Gasteiger partial charge in [-0.3, -0.25) is 0 Å². The van der Waals surface area contributed by atoms with Crippen LogP contribution in [0.25, 0.3) is 11.2 Å². The molecule has 15 heavy (non-hydrogen) atoms. The Labute approximate surface area is 87.8 Å². The minimum atomic E-state index is 0.644. The molecule has 2 aromatic heterocycles. The fourth-order valence-electron chi connectivity index (χ4n) is 1.83. The van der Waals surface area contributed by atoms with Crippen LogP contribution >= 0.6 is 0 Å². The summed E-state index contributed by atoms with van der Waals surface area (Å²) in [4.78, 5) is 15.1. The molecule has 0 atom stereocenters. The van der Waals surface area contributed by atoms with Gasteiger partial charge in [0.1, 0.15) is 6.33 Å². The highest BCUT2D eigenvalue weighted by molar-refractivity contribution is 5.83. The van der Waals surface area contributed by atoms with Crippen LogP contribution in [0.15, 0.2) is 12.7 Å². The number of aromatic nitrogens is 4. The molecule has 0 amide bonds. The van der Waals surface area contributed by atoms with E-state index in [1.807, 2.05) is 11.6 Å². The van der Waals surface area contributed by atoms with Crippen molar-refractivity contribution in [1.82, 2.24) is 19.5 Å². The number of anilines is 1. The lowest BCUT2D eigenvalue weighted by Gasteiger charge is -2.16. The number of rotatable bonds is 2. The molecular weight excluding hydrogens is 190 g/mol. The first-order valence-electron chi connectivity index (χ1n) is 5.12. The molecule has 0 aromatic carbocycles. The monoisotopic (exact) mass is 203 g/mol. The minimum absolute atomic E-state index is 0.644. The highest BCUT2D eigenvalue weighted by atomic mass is 15.2. The van der Waals surface area contributed by atoms with Crippen molar-refractivity contribution < 1.29 is 0 Å². The Morgan fingerprint density at radius 2 is 2.13 bits per heavy atom. The van der Waals surface area contributed by atoms with Crippen LogP contribution in [0.4, 0.5) is 5.82 Å². The van der Waals surface area contributed by atoms with Crippen LogP contribution in [0.2, 0.25) is 0 Å². The van der Waals surface area contributed by atoms with E-state index in [-0.39, 0.29) is 0 Å². The fourth-order valence-corrected chi connectivity index (χ4v) is 1.83. The Bertz CT molecular complexity index is 499. The van der Waals surface area contributed by atoms with E-state index >= 15 is 0 Å². The highest BCUT2D eigenvalue weighted by Gasteiger charge is 2.28. The number of hydrogen-bond acceptors (Lipinski definition) is 4. The van der Waals surface area contributed by atoms with Gasteiger partial charge in [0.05, 0.1) is 6.33 Å². The molecule has 0 aliphatic heterocycles. The summed E-state index contributed by atoms with van der Waals surface area (Å²) >= 11 is 0. The average molecular weight is 203 g/mol. The second-order valence-corrected chi connectivity index (χ2v) is 4.07. The van der Waals surface area contributed by atoms with Crippen LogP contribution in [-0.2, 0) is 7.05 Å². The second-order valence-electron chi connectivity index (χ2n) is 4.07. The maximum atomic E-state index is 4.35. The summed E-state index contributed by atoms with van der Waals surface area (Å²) in [6.07, 6.45) is 5.91. The third kappa shape index (κ3) is 1.26. The molecule has 1 aliphatic rings. The molecule has 1 fully saturated rings. The number of imidazole rings is 1. The first-order chi connectivity index (χ1) is 7.27. The van der Waals surface area contributed by atoms with E-state index in [2.05, 4.69) is 26.9 Å². The zero-order valence-electron chi connectivity index (χ0n) is 8.88. The molecule has 1 saturated carbocycles. The molecule has 0 saturated heterocycles. The first kappa shape index (κ1) is 8.64. The van der Waals surface area contributed by atoms with Crippen molar-refractivity contribution in [3.05, 3.63) is 12.7 Å². The van der Waals surface area contributed by atoms with Gasteiger partial charge in [0, 0.05) is 20.1 Å². The Kier molecular flexibility index (Phi) is 1.68. The van der Waals surface area contributed by atoms with Crippen LogP contribution < -0.4 is 4.90 Å². The molecule has 2 aromatic rings. The maximum Gasteiger partial charge on any atom is 0.165 e. The maximum absolute atomic E-state index is 4.35. The molecule has 78 valence electrons. The lowest BCUT2D eigenvalue weighted by molar-refractivity contribution is 0.889. The van der Waals surface area contributed by atoms with Crippen LogP contribution in [0, 0.1) is 0 Å². The van der Waals surface area contributed by atoms with E-state index < -0.39 is 0 Å². The van der Waals surface area contributed by atoms with Gasteiger partial charge in [0.2, 0.25) is 0 Å². The van der Waals surface area contributed by atoms with E-state index in [0.717, 1.165) is 17.0 Å². The van der Waals surface area contributed by atoms with Gasteiger partial charge in [-0.1, -0.05) is 0 Å². The van der Waals surface area contributed by atoms with Gasteiger partial charge in [-0.2, -0.15) is 0 Å². The van der Waals surface area contributed by atoms with Gasteiger partial charge in [0.15, 0.2) is 17.0 Å². The zero-order chi connectivity index (χ0) is 10.4. The number of fused-ring (bicyclic) bond motifs is 1. The third-order valence-electron chi connectivity index (χ3n) is 2.91. The van der Waals surface area contributed by atoms with Crippen molar-refractivity contribution in [3.8, 4) is 0 Å². The summed E-state index contributed by atoms with van der Waals surface area (Å²) in [6.45, 7) is 0. The van der Waals surface area contributed by atoms with Crippen molar-refractivity contribution in [1.29, 1.82) is 0 Å². The molecular formula is C10H13N5. The molecule has 0 bridgehead atoms. The molecule has 5 heteroatoms. The van der Waals surface area contributed by atoms with Gasteiger partial charge in [-0.25, -0.2) is 15.0 Å². The van der Waals surface area contributed by atoms with Crippen LogP contribution in [0.3, 0.4) is 0 Å². The van der Waals surface area contributed by atoms with Crippen molar-refractivity contribution in [2.24, 2.45) is 7.05 Å². The Hall–Kier alpha value is -1.65. The molecule has 0 unspecified atom stereocenters. The normalized spacial score (nSPS) is 15.9. The van der Waals surface area contributed by atoms with Gasteiger partial charge in [-0.05, 0) is 12.8 Å². The summed E-state index contributed by atoms with van der Waals surface area (Å²) in [5.41, 5.74) is 1.79. The largest absolute Gasteiger partial charge is 0.355 e. The summed E-state index contributed by atoms with van der Waals surface area (Å²) in [6, 6.07) is 0.644. The van der Waals surface area contributed by atoms with E-state index in [1.165, 1.54) is 12.8 Å². The first-order valence-corrected chi connectivity index (χ1v) is 5.12. The van der Waals surface area contributed by atoms with Gasteiger partial charge < -0.3 is 9.47 Å².